The van der Waals surface area contributed by atoms with Gasteiger partial charge in [-0.2, -0.15) is 0 Å². The predicted molar refractivity (Wildman–Crippen MR) is 105 cm³/mol. The summed E-state index contributed by atoms with van der Waals surface area (Å²) in [6.07, 6.45) is 0. The molecule has 0 aliphatic rings. The van der Waals surface area contributed by atoms with E-state index in [4.69, 9.17) is 11.6 Å². The van der Waals surface area contributed by atoms with Crippen molar-refractivity contribution in [1.29, 1.82) is 0 Å². The summed E-state index contributed by atoms with van der Waals surface area (Å²) in [5.74, 6) is -0.686. The van der Waals surface area contributed by atoms with E-state index in [1.165, 1.54) is 12.1 Å². The molecule has 27 heavy (non-hydrogen) atoms. The zero-order chi connectivity index (χ0) is 20.3. The normalized spacial score (nSPS) is 11.3. The number of ketones is 1. The second-order valence-corrected chi connectivity index (χ2v) is 7.44. The van der Waals surface area contributed by atoms with E-state index in [9.17, 15) is 14.0 Å². The van der Waals surface area contributed by atoms with Crippen molar-refractivity contribution in [1.82, 2.24) is 14.8 Å². The van der Waals surface area contributed by atoms with Crippen LogP contribution in [-0.4, -0.2) is 47.3 Å². The van der Waals surface area contributed by atoms with Gasteiger partial charge in [-0.25, -0.2) is 4.39 Å². The highest BCUT2D eigenvalue weighted by atomic mass is 35.5. The summed E-state index contributed by atoms with van der Waals surface area (Å²) in [5.41, 5.74) is 2.86. The molecule has 0 atom stereocenters. The Balaban J connectivity index is 2.18. The van der Waals surface area contributed by atoms with Crippen LogP contribution in [0, 0.1) is 19.7 Å². The summed E-state index contributed by atoms with van der Waals surface area (Å²) >= 11 is 5.89. The minimum atomic E-state index is -0.486. The van der Waals surface area contributed by atoms with Gasteiger partial charge in [0, 0.05) is 28.7 Å². The van der Waals surface area contributed by atoms with Crippen LogP contribution in [0.2, 0.25) is 5.02 Å². The number of hydrogen-bond acceptors (Lipinski definition) is 3. The van der Waals surface area contributed by atoms with Gasteiger partial charge in [0.2, 0.25) is 5.91 Å². The number of aryl methyl sites for hydroxylation is 1. The molecule has 0 saturated carbocycles. The third-order valence-electron chi connectivity index (χ3n) is 4.17. The molecule has 1 aromatic carbocycles. The molecular weight excluding hydrogens is 369 g/mol. The average molecular weight is 394 g/mol. The third-order valence-corrected chi connectivity index (χ3v) is 4.46. The molecule has 1 amide bonds. The van der Waals surface area contributed by atoms with Crippen LogP contribution < -0.4 is 5.32 Å². The Morgan fingerprint density at radius 1 is 1.22 bits per heavy atom. The number of rotatable bonds is 7. The maximum atomic E-state index is 13.4. The van der Waals surface area contributed by atoms with Gasteiger partial charge < -0.3 is 9.88 Å². The number of likely N-dealkylation sites (N-methyl/N-ethyl adjacent to an activating group) is 1. The largest absolute Gasteiger partial charge is 0.353 e. The maximum absolute atomic E-state index is 13.4. The number of amides is 1. The first-order chi connectivity index (χ1) is 12.6. The van der Waals surface area contributed by atoms with E-state index in [1.807, 2.05) is 32.3 Å². The first-order valence-corrected chi connectivity index (χ1v) is 9.13. The number of carbonyl (C=O) groups is 2. The third kappa shape index (κ3) is 5.17. The van der Waals surface area contributed by atoms with Crippen LogP contribution >= 0.6 is 11.6 Å². The molecule has 2 rings (SSSR count). The standard InChI is InChI=1S/C20H25ClFN3O2/c1-12(2)23-20(27)11-24(5)10-19(26)16-8-13(3)25(14(16)4)15-6-7-18(22)17(21)9-15/h6-9,12H,10-11H2,1-5H3,(H,23,27). The minimum absolute atomic E-state index is 0.0313. The fraction of sp³-hybridized carbons (Fsp3) is 0.400. The number of nitrogens with one attached hydrogen (secondary N) is 1. The lowest BCUT2D eigenvalue weighted by Crippen LogP contribution is -2.40. The van der Waals surface area contributed by atoms with E-state index >= 15 is 0 Å². The van der Waals surface area contributed by atoms with Crippen LogP contribution in [0.25, 0.3) is 5.69 Å². The van der Waals surface area contributed by atoms with Crippen LogP contribution in [0.1, 0.15) is 35.6 Å². The van der Waals surface area contributed by atoms with Gasteiger partial charge in [-0.3, -0.25) is 14.5 Å². The summed E-state index contributed by atoms with van der Waals surface area (Å²) in [4.78, 5) is 26.2. The maximum Gasteiger partial charge on any atom is 0.234 e. The molecular formula is C20H25ClFN3O2. The highest BCUT2D eigenvalue weighted by Crippen LogP contribution is 2.25. The fourth-order valence-electron chi connectivity index (χ4n) is 3.07. The molecule has 0 aliphatic heterocycles. The van der Waals surface area contributed by atoms with Gasteiger partial charge in [-0.15, -0.1) is 0 Å². The van der Waals surface area contributed by atoms with E-state index in [1.54, 1.807) is 24.1 Å². The van der Waals surface area contributed by atoms with Gasteiger partial charge in [0.1, 0.15) is 5.82 Å². The molecule has 1 N–H and O–H groups in total. The first kappa shape index (κ1) is 21.1. The van der Waals surface area contributed by atoms with Gasteiger partial charge in [0.15, 0.2) is 5.78 Å². The number of benzene rings is 1. The van der Waals surface area contributed by atoms with Gasteiger partial charge >= 0.3 is 0 Å². The van der Waals surface area contributed by atoms with Gasteiger partial charge in [0.25, 0.3) is 0 Å². The van der Waals surface area contributed by atoms with Crippen LogP contribution in [0.5, 0.6) is 0 Å². The van der Waals surface area contributed by atoms with E-state index in [0.717, 1.165) is 11.4 Å². The molecule has 0 unspecified atom stereocenters. The Hall–Kier alpha value is -2.18. The molecule has 2 aromatic rings. The molecule has 1 aromatic heterocycles. The van der Waals surface area contributed by atoms with Crippen LogP contribution in [0.3, 0.4) is 0 Å². The highest BCUT2D eigenvalue weighted by molar-refractivity contribution is 6.30. The molecule has 0 saturated heterocycles. The number of halogens is 2. The topological polar surface area (TPSA) is 54.3 Å². The molecule has 7 heteroatoms. The minimum Gasteiger partial charge on any atom is -0.353 e. The highest BCUT2D eigenvalue weighted by Gasteiger charge is 2.19. The molecule has 1 heterocycles. The number of Topliss-reactive ketones (excluding diaryl/α,β-unsaturated/α-hetero) is 1. The monoisotopic (exact) mass is 393 g/mol. The number of carbonyl (C=O) groups excluding carboxylic acids is 2. The van der Waals surface area contributed by atoms with Crippen molar-refractivity contribution in [2.24, 2.45) is 0 Å². The molecule has 0 fully saturated rings. The second kappa shape index (κ2) is 8.67. The first-order valence-electron chi connectivity index (χ1n) is 8.75. The van der Waals surface area contributed by atoms with E-state index in [-0.39, 0.29) is 35.8 Å². The van der Waals surface area contributed by atoms with Crippen molar-refractivity contribution in [3.05, 3.63) is 52.1 Å². The summed E-state index contributed by atoms with van der Waals surface area (Å²) in [5, 5.41) is 2.83. The quantitative estimate of drug-likeness (QED) is 0.732. The predicted octanol–water partition coefficient (Wildman–Crippen LogP) is 3.53. The summed E-state index contributed by atoms with van der Waals surface area (Å²) in [7, 11) is 1.73. The molecule has 5 nitrogen and oxygen atoms in total. The van der Waals surface area contributed by atoms with Gasteiger partial charge in [-0.05, 0) is 59.0 Å². The van der Waals surface area contributed by atoms with E-state index in [0.29, 0.717) is 11.3 Å². The Morgan fingerprint density at radius 3 is 2.48 bits per heavy atom. The Labute approximate surface area is 164 Å². The van der Waals surface area contributed by atoms with Crippen LogP contribution in [0.4, 0.5) is 4.39 Å². The van der Waals surface area contributed by atoms with Crippen LogP contribution in [-0.2, 0) is 4.79 Å². The number of aromatic nitrogens is 1. The summed E-state index contributed by atoms with van der Waals surface area (Å²) in [6.45, 7) is 7.76. The Bertz CT molecular complexity index is 861. The zero-order valence-corrected chi connectivity index (χ0v) is 17.0. The van der Waals surface area contributed by atoms with Crippen molar-refractivity contribution in [2.45, 2.75) is 33.7 Å². The molecule has 0 bridgehead atoms. The van der Waals surface area contributed by atoms with Gasteiger partial charge in [0.05, 0.1) is 18.1 Å². The number of hydrogen-bond donors (Lipinski definition) is 1. The number of nitrogens with zero attached hydrogens (tertiary/aromatic N) is 2. The zero-order valence-electron chi connectivity index (χ0n) is 16.3. The lowest BCUT2D eigenvalue weighted by molar-refractivity contribution is -0.122. The van der Waals surface area contributed by atoms with Crippen molar-refractivity contribution >= 4 is 23.3 Å². The fourth-order valence-corrected chi connectivity index (χ4v) is 3.24. The van der Waals surface area contributed by atoms with Crippen molar-refractivity contribution in [3.63, 3.8) is 0 Å². The molecule has 146 valence electrons. The SMILES string of the molecule is Cc1cc(C(=O)CN(C)CC(=O)NC(C)C)c(C)n1-c1ccc(F)c(Cl)c1. The van der Waals surface area contributed by atoms with Crippen molar-refractivity contribution in [3.8, 4) is 5.69 Å². The second-order valence-electron chi connectivity index (χ2n) is 7.04. The summed E-state index contributed by atoms with van der Waals surface area (Å²) in [6, 6.07) is 6.32. The van der Waals surface area contributed by atoms with Crippen LogP contribution in [0.15, 0.2) is 24.3 Å². The summed E-state index contributed by atoms with van der Waals surface area (Å²) < 4.78 is 15.3. The average Bonchev–Trinajstić information content (AvgIpc) is 2.84. The Morgan fingerprint density at radius 2 is 1.89 bits per heavy atom. The Kier molecular flexibility index (Phi) is 6.78. The smallest absolute Gasteiger partial charge is 0.234 e. The van der Waals surface area contributed by atoms with Crippen molar-refractivity contribution in [2.75, 3.05) is 20.1 Å². The lowest BCUT2D eigenvalue weighted by atomic mass is 10.1. The van der Waals surface area contributed by atoms with E-state index in [2.05, 4.69) is 5.32 Å². The van der Waals surface area contributed by atoms with Gasteiger partial charge in [-0.1, -0.05) is 11.6 Å². The molecule has 0 spiro atoms. The molecule has 0 radical (unpaired) electrons. The van der Waals surface area contributed by atoms with Crippen molar-refractivity contribution < 1.29 is 14.0 Å². The lowest BCUT2D eigenvalue weighted by Gasteiger charge is -2.17. The molecule has 0 aliphatic carbocycles. The van der Waals surface area contributed by atoms with E-state index < -0.39 is 5.82 Å².